The van der Waals surface area contributed by atoms with Gasteiger partial charge >= 0.3 is 0 Å². The van der Waals surface area contributed by atoms with Gasteiger partial charge in [0.25, 0.3) is 0 Å². The Morgan fingerprint density at radius 2 is 2.05 bits per heavy atom. The van der Waals surface area contributed by atoms with Gasteiger partial charge in [0.05, 0.1) is 5.69 Å². The molecule has 0 bridgehead atoms. The second-order valence-corrected chi connectivity index (χ2v) is 7.44. The molecule has 0 saturated carbocycles. The van der Waals surface area contributed by atoms with Gasteiger partial charge in [0.2, 0.25) is 0 Å². The van der Waals surface area contributed by atoms with E-state index in [1.165, 1.54) is 22.5 Å². The van der Waals surface area contributed by atoms with Crippen molar-refractivity contribution in [2.24, 2.45) is 11.1 Å². The molecule has 0 aliphatic heterocycles. The second-order valence-electron chi connectivity index (χ2n) is 6.65. The largest absolute Gasteiger partial charge is 0.324 e. The molecule has 0 radical (unpaired) electrons. The minimum atomic E-state index is 0.151. The third-order valence-electron chi connectivity index (χ3n) is 4.28. The Morgan fingerprint density at radius 1 is 1.30 bits per heavy atom. The van der Waals surface area contributed by atoms with Crippen LogP contribution in [0.3, 0.4) is 0 Å². The summed E-state index contributed by atoms with van der Waals surface area (Å²) in [7, 11) is 0. The summed E-state index contributed by atoms with van der Waals surface area (Å²) in [5, 5.41) is 0. The lowest BCUT2D eigenvalue weighted by molar-refractivity contribution is 0.278. The van der Waals surface area contributed by atoms with E-state index in [4.69, 9.17) is 5.73 Å². The average Bonchev–Trinajstić information content (AvgIpc) is 2.75. The number of halogens is 1. The van der Waals surface area contributed by atoms with Crippen LogP contribution in [-0.2, 0) is 6.42 Å². The minimum Gasteiger partial charge on any atom is -0.324 e. The van der Waals surface area contributed by atoms with E-state index in [0.717, 1.165) is 17.3 Å². The van der Waals surface area contributed by atoms with Crippen molar-refractivity contribution >= 4 is 15.9 Å². The zero-order valence-corrected chi connectivity index (χ0v) is 13.9. The van der Waals surface area contributed by atoms with Crippen LogP contribution in [0.4, 0.5) is 0 Å². The topological polar surface area (TPSA) is 30.9 Å². The van der Waals surface area contributed by atoms with Gasteiger partial charge in [-0.05, 0) is 64.4 Å². The van der Waals surface area contributed by atoms with Crippen LogP contribution in [0, 0.1) is 12.3 Å². The maximum absolute atomic E-state index is 6.36. The SMILES string of the molecule is Cc1cccc(-n2ccc3c2CC(C)(C)CC3N)c1Br. The quantitative estimate of drug-likeness (QED) is 0.817. The highest BCUT2D eigenvalue weighted by Crippen LogP contribution is 2.41. The third-order valence-corrected chi connectivity index (χ3v) is 5.31. The van der Waals surface area contributed by atoms with Crippen LogP contribution >= 0.6 is 15.9 Å². The van der Waals surface area contributed by atoms with Gasteiger partial charge in [0.1, 0.15) is 0 Å². The van der Waals surface area contributed by atoms with Crippen molar-refractivity contribution < 1.29 is 0 Å². The van der Waals surface area contributed by atoms with E-state index >= 15 is 0 Å². The summed E-state index contributed by atoms with van der Waals surface area (Å²) in [6.07, 6.45) is 4.29. The summed E-state index contributed by atoms with van der Waals surface area (Å²) in [5.74, 6) is 0. The molecule has 0 amide bonds. The van der Waals surface area contributed by atoms with E-state index in [0.29, 0.717) is 0 Å². The molecular formula is C17H21BrN2. The van der Waals surface area contributed by atoms with Crippen molar-refractivity contribution in [2.75, 3.05) is 0 Å². The molecule has 3 rings (SSSR count). The Morgan fingerprint density at radius 3 is 2.80 bits per heavy atom. The first-order valence-electron chi connectivity index (χ1n) is 7.10. The van der Waals surface area contributed by atoms with Crippen molar-refractivity contribution in [1.29, 1.82) is 0 Å². The molecule has 1 aromatic carbocycles. The molecule has 1 heterocycles. The molecule has 2 aromatic rings. The van der Waals surface area contributed by atoms with Crippen molar-refractivity contribution in [3.8, 4) is 5.69 Å². The van der Waals surface area contributed by atoms with Crippen LogP contribution in [0.25, 0.3) is 5.69 Å². The molecule has 0 fully saturated rings. The summed E-state index contributed by atoms with van der Waals surface area (Å²) >= 11 is 3.72. The Bertz CT molecular complexity index is 655. The highest BCUT2D eigenvalue weighted by atomic mass is 79.9. The maximum atomic E-state index is 6.36. The number of aryl methyl sites for hydroxylation is 1. The lowest BCUT2D eigenvalue weighted by Gasteiger charge is -2.34. The van der Waals surface area contributed by atoms with Gasteiger partial charge in [-0.25, -0.2) is 0 Å². The van der Waals surface area contributed by atoms with Gasteiger partial charge in [0.15, 0.2) is 0 Å². The van der Waals surface area contributed by atoms with Crippen molar-refractivity contribution in [2.45, 2.75) is 39.7 Å². The highest BCUT2D eigenvalue weighted by Gasteiger charge is 2.32. The summed E-state index contributed by atoms with van der Waals surface area (Å²) in [4.78, 5) is 0. The van der Waals surface area contributed by atoms with Crippen LogP contribution in [0.5, 0.6) is 0 Å². The Kier molecular flexibility index (Phi) is 3.30. The lowest BCUT2D eigenvalue weighted by Crippen LogP contribution is -2.30. The Labute approximate surface area is 129 Å². The summed E-state index contributed by atoms with van der Waals surface area (Å²) in [6.45, 7) is 6.73. The first-order chi connectivity index (χ1) is 9.39. The molecule has 20 heavy (non-hydrogen) atoms. The molecule has 106 valence electrons. The number of nitrogens with two attached hydrogens (primary N) is 1. The number of aromatic nitrogens is 1. The van der Waals surface area contributed by atoms with Gasteiger partial charge < -0.3 is 10.3 Å². The number of fused-ring (bicyclic) bond motifs is 1. The first-order valence-corrected chi connectivity index (χ1v) is 7.89. The van der Waals surface area contributed by atoms with Gasteiger partial charge in [0, 0.05) is 22.4 Å². The summed E-state index contributed by atoms with van der Waals surface area (Å²) in [5.41, 5.74) is 11.7. The molecule has 1 aromatic heterocycles. The summed E-state index contributed by atoms with van der Waals surface area (Å²) < 4.78 is 3.46. The van der Waals surface area contributed by atoms with Crippen LogP contribution in [0.15, 0.2) is 34.9 Å². The monoisotopic (exact) mass is 332 g/mol. The highest BCUT2D eigenvalue weighted by molar-refractivity contribution is 9.10. The molecule has 1 aliphatic rings. The fourth-order valence-corrected chi connectivity index (χ4v) is 3.73. The smallest absolute Gasteiger partial charge is 0.0597 e. The Balaban J connectivity index is 2.16. The van der Waals surface area contributed by atoms with Gasteiger partial charge in [-0.1, -0.05) is 26.0 Å². The third kappa shape index (κ3) is 2.23. The number of nitrogens with zero attached hydrogens (tertiary/aromatic N) is 1. The number of hydrogen-bond donors (Lipinski definition) is 1. The lowest BCUT2D eigenvalue weighted by atomic mass is 9.74. The zero-order chi connectivity index (χ0) is 14.5. The van der Waals surface area contributed by atoms with E-state index in [1.54, 1.807) is 0 Å². The van der Waals surface area contributed by atoms with E-state index < -0.39 is 0 Å². The molecule has 1 aliphatic carbocycles. The minimum absolute atomic E-state index is 0.151. The zero-order valence-electron chi connectivity index (χ0n) is 12.3. The summed E-state index contributed by atoms with van der Waals surface area (Å²) in [6, 6.07) is 8.72. The van der Waals surface area contributed by atoms with Crippen molar-refractivity contribution in [3.05, 3.63) is 51.8 Å². The van der Waals surface area contributed by atoms with Crippen molar-refractivity contribution in [3.63, 3.8) is 0 Å². The molecule has 2 nitrogen and oxygen atoms in total. The average molecular weight is 333 g/mol. The predicted octanol–water partition coefficient (Wildman–Crippen LogP) is 4.52. The Hall–Kier alpha value is -1.06. The van der Waals surface area contributed by atoms with Gasteiger partial charge in [-0.15, -0.1) is 0 Å². The van der Waals surface area contributed by atoms with Crippen LogP contribution in [0.2, 0.25) is 0 Å². The molecule has 0 saturated heterocycles. The molecular weight excluding hydrogens is 312 g/mol. The van der Waals surface area contributed by atoms with Gasteiger partial charge in [-0.3, -0.25) is 0 Å². The number of hydrogen-bond acceptors (Lipinski definition) is 1. The molecule has 1 atom stereocenters. The second kappa shape index (κ2) is 4.74. The van der Waals surface area contributed by atoms with Crippen LogP contribution in [-0.4, -0.2) is 4.57 Å². The molecule has 0 spiro atoms. The number of rotatable bonds is 1. The van der Waals surface area contributed by atoms with Crippen LogP contribution < -0.4 is 5.73 Å². The van der Waals surface area contributed by atoms with Gasteiger partial charge in [-0.2, -0.15) is 0 Å². The fraction of sp³-hybridized carbons (Fsp3) is 0.412. The van der Waals surface area contributed by atoms with E-state index in [-0.39, 0.29) is 11.5 Å². The fourth-order valence-electron chi connectivity index (χ4n) is 3.28. The maximum Gasteiger partial charge on any atom is 0.0597 e. The van der Waals surface area contributed by atoms with Crippen molar-refractivity contribution in [1.82, 2.24) is 4.57 Å². The first kappa shape index (κ1) is 13.9. The molecule has 3 heteroatoms. The number of benzene rings is 1. The molecule has 1 unspecified atom stereocenters. The van der Waals surface area contributed by atoms with E-state index in [9.17, 15) is 0 Å². The predicted molar refractivity (Wildman–Crippen MR) is 87.2 cm³/mol. The van der Waals surface area contributed by atoms with E-state index in [1.807, 2.05) is 0 Å². The standard InChI is InChI=1S/C17H21BrN2/c1-11-5-4-6-14(16(11)18)20-8-7-12-13(19)9-17(2,3)10-15(12)20/h4-8,13H,9-10,19H2,1-3H3. The normalized spacial score (nSPS) is 20.8. The van der Waals surface area contributed by atoms with Crippen LogP contribution in [0.1, 0.15) is 43.1 Å². The van der Waals surface area contributed by atoms with E-state index in [2.05, 4.69) is 71.7 Å². The molecule has 2 N–H and O–H groups in total.